The highest BCUT2D eigenvalue weighted by Crippen LogP contribution is 1.98. The molecular formula is C6H4N4. The van der Waals surface area contributed by atoms with Gasteiger partial charge in [0.05, 0.1) is 6.20 Å². The van der Waals surface area contributed by atoms with E-state index >= 15 is 0 Å². The Morgan fingerprint density at radius 3 is 2.80 bits per heavy atom. The molecule has 4 heteroatoms. The molecular weight excluding hydrogens is 128 g/mol. The van der Waals surface area contributed by atoms with Crippen LogP contribution in [0.3, 0.4) is 0 Å². The zero-order chi connectivity index (χ0) is 6.81. The lowest BCUT2D eigenvalue weighted by Gasteiger charge is -1.88. The van der Waals surface area contributed by atoms with Gasteiger partial charge in [-0.15, -0.1) is 5.10 Å². The predicted octanol–water partition coefficient (Wildman–Crippen LogP) is 0.420. The molecule has 0 saturated carbocycles. The van der Waals surface area contributed by atoms with Gasteiger partial charge in [-0.3, -0.25) is 4.98 Å². The van der Waals surface area contributed by atoms with Gasteiger partial charge in [0, 0.05) is 12.4 Å². The Morgan fingerprint density at radius 2 is 1.90 bits per heavy atom. The van der Waals surface area contributed by atoms with Crippen LogP contribution < -0.4 is 0 Å². The van der Waals surface area contributed by atoms with Crippen molar-refractivity contribution >= 4 is 11.2 Å². The Labute approximate surface area is 57.0 Å². The van der Waals surface area contributed by atoms with Gasteiger partial charge in [-0.25, -0.2) is 4.98 Å². The van der Waals surface area contributed by atoms with Gasteiger partial charge >= 0.3 is 0 Å². The molecule has 2 heterocycles. The lowest BCUT2D eigenvalue weighted by atomic mass is 10.5. The second-order valence-electron chi connectivity index (χ2n) is 1.80. The van der Waals surface area contributed by atoms with Crippen LogP contribution in [0.2, 0.25) is 0 Å². The molecule has 0 spiro atoms. The molecule has 0 amide bonds. The van der Waals surface area contributed by atoms with Gasteiger partial charge in [-0.05, 0) is 6.07 Å². The summed E-state index contributed by atoms with van der Waals surface area (Å²) < 4.78 is 0. The van der Waals surface area contributed by atoms with Crippen LogP contribution in [0.4, 0.5) is 0 Å². The van der Waals surface area contributed by atoms with Crippen LogP contribution in [-0.2, 0) is 0 Å². The van der Waals surface area contributed by atoms with Gasteiger partial charge in [0.25, 0.3) is 0 Å². The molecule has 48 valence electrons. The van der Waals surface area contributed by atoms with Crippen molar-refractivity contribution in [2.75, 3.05) is 0 Å². The minimum absolute atomic E-state index is 0.588. The first-order valence-corrected chi connectivity index (χ1v) is 2.85. The molecule has 0 radical (unpaired) electrons. The topological polar surface area (TPSA) is 51.6 Å². The van der Waals surface area contributed by atoms with Crippen molar-refractivity contribution in [2.24, 2.45) is 0 Å². The lowest BCUT2D eigenvalue weighted by molar-refractivity contribution is 1.04. The van der Waals surface area contributed by atoms with Gasteiger partial charge in [0.15, 0.2) is 5.65 Å². The average molecular weight is 132 g/mol. The van der Waals surface area contributed by atoms with E-state index < -0.39 is 0 Å². The van der Waals surface area contributed by atoms with E-state index in [0.29, 0.717) is 5.65 Å². The van der Waals surface area contributed by atoms with Crippen LogP contribution >= 0.6 is 0 Å². The van der Waals surface area contributed by atoms with Crippen molar-refractivity contribution in [3.8, 4) is 0 Å². The third kappa shape index (κ3) is 0.699. The van der Waals surface area contributed by atoms with Crippen LogP contribution in [0, 0.1) is 0 Å². The molecule has 0 atom stereocenters. The summed E-state index contributed by atoms with van der Waals surface area (Å²) in [5.74, 6) is 0. The zero-order valence-corrected chi connectivity index (χ0v) is 5.10. The minimum Gasteiger partial charge on any atom is -0.251 e. The monoisotopic (exact) mass is 132 g/mol. The summed E-state index contributed by atoms with van der Waals surface area (Å²) in [6.07, 6.45) is 4.82. The zero-order valence-electron chi connectivity index (χ0n) is 5.10. The lowest BCUT2D eigenvalue weighted by Crippen LogP contribution is -1.86. The number of rotatable bonds is 0. The molecule has 0 bridgehead atoms. The van der Waals surface area contributed by atoms with Crippen molar-refractivity contribution in [1.82, 2.24) is 20.2 Å². The highest BCUT2D eigenvalue weighted by molar-refractivity contribution is 5.67. The second kappa shape index (κ2) is 1.98. The van der Waals surface area contributed by atoms with Gasteiger partial charge in [0.2, 0.25) is 0 Å². The van der Waals surface area contributed by atoms with E-state index in [1.807, 2.05) is 0 Å². The SMILES string of the molecule is c1cc2nccnc2nn1. The molecule has 0 N–H and O–H groups in total. The van der Waals surface area contributed by atoms with E-state index in [-0.39, 0.29) is 0 Å². The van der Waals surface area contributed by atoms with Gasteiger partial charge in [0.1, 0.15) is 5.52 Å². The van der Waals surface area contributed by atoms with Crippen LogP contribution in [0.5, 0.6) is 0 Å². The normalized spacial score (nSPS) is 10.0. The summed E-state index contributed by atoms with van der Waals surface area (Å²) in [6, 6.07) is 1.77. The Morgan fingerprint density at radius 1 is 1.00 bits per heavy atom. The van der Waals surface area contributed by atoms with Crippen LogP contribution in [0.1, 0.15) is 0 Å². The second-order valence-corrected chi connectivity index (χ2v) is 1.80. The van der Waals surface area contributed by atoms with Crippen LogP contribution in [0.15, 0.2) is 24.7 Å². The summed E-state index contributed by atoms with van der Waals surface area (Å²) in [5.41, 5.74) is 1.36. The fourth-order valence-electron chi connectivity index (χ4n) is 0.728. The Hall–Kier alpha value is -1.58. The fourth-order valence-corrected chi connectivity index (χ4v) is 0.728. The van der Waals surface area contributed by atoms with E-state index in [1.54, 1.807) is 24.7 Å². The van der Waals surface area contributed by atoms with Crippen molar-refractivity contribution in [3.05, 3.63) is 24.7 Å². The maximum Gasteiger partial charge on any atom is 0.200 e. The number of hydrogen-bond donors (Lipinski definition) is 0. The number of aromatic nitrogens is 4. The highest BCUT2D eigenvalue weighted by atomic mass is 15.1. The first kappa shape index (κ1) is 5.22. The summed E-state index contributed by atoms with van der Waals surface area (Å²) in [7, 11) is 0. The summed E-state index contributed by atoms with van der Waals surface area (Å²) in [5, 5.41) is 7.42. The number of hydrogen-bond acceptors (Lipinski definition) is 4. The molecule has 2 aromatic heterocycles. The Bertz CT molecular complexity index is 281. The van der Waals surface area contributed by atoms with Crippen molar-refractivity contribution in [1.29, 1.82) is 0 Å². The molecule has 10 heavy (non-hydrogen) atoms. The van der Waals surface area contributed by atoms with Crippen LogP contribution in [0.25, 0.3) is 11.2 Å². The van der Waals surface area contributed by atoms with Gasteiger partial charge in [-0.1, -0.05) is 0 Å². The molecule has 4 nitrogen and oxygen atoms in total. The minimum atomic E-state index is 0.588. The molecule has 2 rings (SSSR count). The van der Waals surface area contributed by atoms with Gasteiger partial charge < -0.3 is 0 Å². The molecule has 0 saturated heterocycles. The summed E-state index contributed by atoms with van der Waals surface area (Å²) in [4.78, 5) is 7.96. The smallest absolute Gasteiger partial charge is 0.200 e. The molecule has 0 fully saturated rings. The molecule has 0 aliphatic rings. The van der Waals surface area contributed by atoms with Crippen molar-refractivity contribution in [3.63, 3.8) is 0 Å². The molecule has 0 unspecified atom stereocenters. The van der Waals surface area contributed by atoms with E-state index in [4.69, 9.17) is 0 Å². The van der Waals surface area contributed by atoms with E-state index in [9.17, 15) is 0 Å². The highest BCUT2D eigenvalue weighted by Gasteiger charge is 1.91. The first-order valence-electron chi connectivity index (χ1n) is 2.85. The fraction of sp³-hybridized carbons (Fsp3) is 0. The van der Waals surface area contributed by atoms with E-state index in [2.05, 4.69) is 20.2 Å². The van der Waals surface area contributed by atoms with E-state index in [1.165, 1.54) is 0 Å². The van der Waals surface area contributed by atoms with Crippen molar-refractivity contribution in [2.45, 2.75) is 0 Å². The molecule has 0 aliphatic carbocycles. The van der Waals surface area contributed by atoms with Crippen LogP contribution in [-0.4, -0.2) is 20.2 Å². The maximum atomic E-state index is 4.02. The van der Waals surface area contributed by atoms with Crippen molar-refractivity contribution < 1.29 is 0 Å². The third-order valence-corrected chi connectivity index (χ3v) is 1.16. The quantitative estimate of drug-likeness (QED) is 0.521. The Balaban J connectivity index is 2.89. The first-order chi connectivity index (χ1) is 4.97. The number of fused-ring (bicyclic) bond motifs is 1. The molecule has 0 aromatic carbocycles. The van der Waals surface area contributed by atoms with E-state index in [0.717, 1.165) is 5.52 Å². The maximum absolute atomic E-state index is 4.02. The standard InChI is InChI=1S/C6H4N4/c1-2-9-10-6-5(1)7-3-4-8-6/h1-4H. The third-order valence-electron chi connectivity index (χ3n) is 1.16. The Kier molecular flexibility index (Phi) is 1.04. The summed E-state index contributed by atoms with van der Waals surface area (Å²) in [6.45, 7) is 0. The van der Waals surface area contributed by atoms with Gasteiger partial charge in [-0.2, -0.15) is 5.10 Å². The summed E-state index contributed by atoms with van der Waals surface area (Å²) >= 11 is 0. The largest absolute Gasteiger partial charge is 0.251 e. The average Bonchev–Trinajstić information content (AvgIpc) is 2.05. The molecule has 2 aromatic rings. The predicted molar refractivity (Wildman–Crippen MR) is 35.1 cm³/mol. The molecule has 0 aliphatic heterocycles. The number of nitrogens with zero attached hydrogens (tertiary/aromatic N) is 4.